The zero-order valence-corrected chi connectivity index (χ0v) is 7.59. The van der Waals surface area contributed by atoms with Crippen molar-refractivity contribution >= 4 is 11.8 Å². The molecule has 0 amide bonds. The van der Waals surface area contributed by atoms with Crippen LogP contribution in [0.1, 0.15) is 20.8 Å². The van der Waals surface area contributed by atoms with Crippen LogP contribution in [0, 0.1) is 0 Å². The number of hydrogen-bond donors (Lipinski definition) is 1. The van der Waals surface area contributed by atoms with Gasteiger partial charge in [0.15, 0.2) is 0 Å². The van der Waals surface area contributed by atoms with Gasteiger partial charge in [0.2, 0.25) is 0 Å². The lowest BCUT2D eigenvalue weighted by molar-refractivity contribution is 0.606. The molecule has 0 rings (SSSR count). The highest BCUT2D eigenvalue weighted by Gasteiger charge is 2.07. The second kappa shape index (κ2) is 5.12. The van der Waals surface area contributed by atoms with Crippen molar-refractivity contribution in [2.45, 2.75) is 32.1 Å². The fourth-order valence-electron chi connectivity index (χ4n) is 0.642. The third kappa shape index (κ3) is 3.82. The van der Waals surface area contributed by atoms with E-state index in [0.717, 1.165) is 5.25 Å². The molecule has 0 aliphatic rings. The maximum absolute atomic E-state index is 3.23. The number of hydrogen-bond acceptors (Lipinski definition) is 2. The Labute approximate surface area is 62.6 Å². The van der Waals surface area contributed by atoms with E-state index in [1.165, 1.54) is 5.75 Å². The minimum absolute atomic E-state index is 0.634. The summed E-state index contributed by atoms with van der Waals surface area (Å²) in [6.45, 7) is 6.67. The minimum atomic E-state index is 0.634. The fourth-order valence-corrected chi connectivity index (χ4v) is 1.59. The van der Waals surface area contributed by atoms with Crippen molar-refractivity contribution in [3.8, 4) is 0 Å². The zero-order valence-electron chi connectivity index (χ0n) is 6.77. The van der Waals surface area contributed by atoms with Crippen LogP contribution < -0.4 is 5.32 Å². The summed E-state index contributed by atoms with van der Waals surface area (Å²) < 4.78 is 0. The second-order valence-electron chi connectivity index (χ2n) is 2.24. The standard InChI is InChI=1S/C7H17NS/c1-5-9-7(3)6(2)8-4/h6-8H,5H2,1-4H3. The van der Waals surface area contributed by atoms with Crippen LogP contribution >= 0.6 is 11.8 Å². The molecule has 0 aliphatic heterocycles. The Morgan fingerprint density at radius 3 is 2.33 bits per heavy atom. The quantitative estimate of drug-likeness (QED) is 0.650. The summed E-state index contributed by atoms with van der Waals surface area (Å²) in [6, 6.07) is 0.634. The summed E-state index contributed by atoms with van der Waals surface area (Å²) in [7, 11) is 2.01. The Hall–Kier alpha value is 0.310. The van der Waals surface area contributed by atoms with Gasteiger partial charge in [-0.3, -0.25) is 0 Å². The summed E-state index contributed by atoms with van der Waals surface area (Å²) in [6.07, 6.45) is 0. The average Bonchev–Trinajstić information content (AvgIpc) is 1.87. The maximum atomic E-state index is 3.23. The van der Waals surface area contributed by atoms with Gasteiger partial charge in [0, 0.05) is 11.3 Å². The van der Waals surface area contributed by atoms with Crippen molar-refractivity contribution in [1.82, 2.24) is 5.32 Å². The van der Waals surface area contributed by atoms with Gasteiger partial charge in [0.25, 0.3) is 0 Å². The van der Waals surface area contributed by atoms with E-state index in [1.807, 2.05) is 18.8 Å². The van der Waals surface area contributed by atoms with E-state index in [9.17, 15) is 0 Å². The molecule has 0 spiro atoms. The fraction of sp³-hybridized carbons (Fsp3) is 1.00. The van der Waals surface area contributed by atoms with Crippen LogP contribution in [0.4, 0.5) is 0 Å². The highest BCUT2D eigenvalue weighted by Crippen LogP contribution is 2.12. The van der Waals surface area contributed by atoms with Crippen LogP contribution in [0.3, 0.4) is 0 Å². The second-order valence-corrected chi connectivity index (χ2v) is 3.89. The van der Waals surface area contributed by atoms with Crippen molar-refractivity contribution in [2.75, 3.05) is 12.8 Å². The van der Waals surface area contributed by atoms with E-state index in [-0.39, 0.29) is 0 Å². The molecule has 1 N–H and O–H groups in total. The van der Waals surface area contributed by atoms with Crippen molar-refractivity contribution in [3.63, 3.8) is 0 Å². The van der Waals surface area contributed by atoms with Crippen LogP contribution in [0.5, 0.6) is 0 Å². The van der Waals surface area contributed by atoms with E-state index in [1.54, 1.807) is 0 Å². The average molecular weight is 147 g/mol. The van der Waals surface area contributed by atoms with Gasteiger partial charge in [-0.05, 0) is 19.7 Å². The van der Waals surface area contributed by atoms with Crippen LogP contribution in [-0.4, -0.2) is 24.1 Å². The Balaban J connectivity index is 3.32. The Kier molecular flexibility index (Phi) is 5.30. The molecule has 0 fully saturated rings. The first kappa shape index (κ1) is 9.31. The molecule has 2 heteroatoms. The molecule has 56 valence electrons. The largest absolute Gasteiger partial charge is 0.316 e. The van der Waals surface area contributed by atoms with E-state index in [4.69, 9.17) is 0 Å². The van der Waals surface area contributed by atoms with Gasteiger partial charge >= 0.3 is 0 Å². The first-order valence-corrected chi connectivity index (χ1v) is 4.56. The normalized spacial score (nSPS) is 17.3. The molecule has 0 radical (unpaired) electrons. The smallest absolute Gasteiger partial charge is 0.0169 e. The van der Waals surface area contributed by atoms with Gasteiger partial charge in [0.1, 0.15) is 0 Å². The maximum Gasteiger partial charge on any atom is 0.0169 e. The minimum Gasteiger partial charge on any atom is -0.316 e. The van der Waals surface area contributed by atoms with Gasteiger partial charge in [0.05, 0.1) is 0 Å². The lowest BCUT2D eigenvalue weighted by Gasteiger charge is -2.17. The predicted molar refractivity (Wildman–Crippen MR) is 46.1 cm³/mol. The third-order valence-corrected chi connectivity index (χ3v) is 2.86. The molecule has 9 heavy (non-hydrogen) atoms. The van der Waals surface area contributed by atoms with Gasteiger partial charge in [-0.1, -0.05) is 13.8 Å². The van der Waals surface area contributed by atoms with Gasteiger partial charge < -0.3 is 5.32 Å². The molecule has 0 aromatic heterocycles. The highest BCUT2D eigenvalue weighted by atomic mass is 32.2. The molecule has 0 aliphatic carbocycles. The van der Waals surface area contributed by atoms with E-state index in [2.05, 4.69) is 26.1 Å². The highest BCUT2D eigenvalue weighted by molar-refractivity contribution is 7.99. The summed E-state index contributed by atoms with van der Waals surface area (Å²) >= 11 is 2.00. The molecule has 0 heterocycles. The van der Waals surface area contributed by atoms with Gasteiger partial charge in [-0.2, -0.15) is 11.8 Å². The van der Waals surface area contributed by atoms with Crippen LogP contribution in [0.2, 0.25) is 0 Å². The third-order valence-electron chi connectivity index (χ3n) is 1.59. The number of nitrogens with one attached hydrogen (secondary N) is 1. The molecular formula is C7H17NS. The molecule has 0 aromatic rings. The van der Waals surface area contributed by atoms with Crippen LogP contribution in [0.25, 0.3) is 0 Å². The van der Waals surface area contributed by atoms with E-state index in [0.29, 0.717) is 6.04 Å². The Morgan fingerprint density at radius 2 is 2.00 bits per heavy atom. The lowest BCUT2D eigenvalue weighted by atomic mass is 10.3. The predicted octanol–water partition coefficient (Wildman–Crippen LogP) is 1.74. The topological polar surface area (TPSA) is 12.0 Å². The first-order valence-electron chi connectivity index (χ1n) is 3.51. The number of rotatable bonds is 4. The number of thioether (sulfide) groups is 1. The molecule has 1 nitrogen and oxygen atoms in total. The summed E-state index contributed by atoms with van der Waals surface area (Å²) in [5.41, 5.74) is 0. The summed E-state index contributed by atoms with van der Waals surface area (Å²) in [5.74, 6) is 1.22. The van der Waals surface area contributed by atoms with Crippen molar-refractivity contribution < 1.29 is 0 Å². The van der Waals surface area contributed by atoms with Gasteiger partial charge in [-0.15, -0.1) is 0 Å². The molecule has 0 saturated heterocycles. The molecule has 2 atom stereocenters. The van der Waals surface area contributed by atoms with Crippen molar-refractivity contribution in [1.29, 1.82) is 0 Å². The molecule has 0 bridgehead atoms. The van der Waals surface area contributed by atoms with Gasteiger partial charge in [-0.25, -0.2) is 0 Å². The Morgan fingerprint density at radius 1 is 1.44 bits per heavy atom. The molecular weight excluding hydrogens is 130 g/mol. The van der Waals surface area contributed by atoms with E-state index >= 15 is 0 Å². The first-order chi connectivity index (χ1) is 4.22. The molecule has 0 aromatic carbocycles. The molecule has 2 unspecified atom stereocenters. The monoisotopic (exact) mass is 147 g/mol. The SMILES string of the molecule is CCSC(C)C(C)NC. The van der Waals surface area contributed by atoms with Crippen molar-refractivity contribution in [2.24, 2.45) is 0 Å². The van der Waals surface area contributed by atoms with Crippen LogP contribution in [-0.2, 0) is 0 Å². The van der Waals surface area contributed by atoms with E-state index < -0.39 is 0 Å². The summed E-state index contributed by atoms with van der Waals surface area (Å²) in [5, 5.41) is 3.96. The Bertz CT molecular complexity index is 65.9. The lowest BCUT2D eigenvalue weighted by Crippen LogP contribution is -2.30. The molecule has 0 saturated carbocycles. The van der Waals surface area contributed by atoms with Crippen molar-refractivity contribution in [3.05, 3.63) is 0 Å². The van der Waals surface area contributed by atoms with Crippen LogP contribution in [0.15, 0.2) is 0 Å². The summed E-state index contributed by atoms with van der Waals surface area (Å²) in [4.78, 5) is 0. The zero-order chi connectivity index (χ0) is 7.28.